The van der Waals surface area contributed by atoms with Crippen molar-refractivity contribution in [2.24, 2.45) is 0 Å². The van der Waals surface area contributed by atoms with E-state index in [2.05, 4.69) is 19.8 Å². The highest BCUT2D eigenvalue weighted by Crippen LogP contribution is 2.24. The fraction of sp³-hybridized carbons (Fsp3) is 0.333. The first-order valence-corrected chi connectivity index (χ1v) is 11.6. The third-order valence-corrected chi connectivity index (χ3v) is 6.25. The summed E-state index contributed by atoms with van der Waals surface area (Å²) in [7, 11) is -4.01. The molecule has 0 aliphatic rings. The Balaban J connectivity index is 1.56. The molecule has 0 aliphatic carbocycles. The number of amides is 1. The van der Waals surface area contributed by atoms with Gasteiger partial charge in [0.15, 0.2) is 0 Å². The van der Waals surface area contributed by atoms with Crippen LogP contribution in [0.15, 0.2) is 53.4 Å². The lowest BCUT2D eigenvalue weighted by molar-refractivity contribution is -0.274. The van der Waals surface area contributed by atoms with Gasteiger partial charge in [-0.25, -0.2) is 18.1 Å². The molecule has 1 heterocycles. The predicted molar refractivity (Wildman–Crippen MR) is 115 cm³/mol. The van der Waals surface area contributed by atoms with Crippen LogP contribution < -0.4 is 14.8 Å². The number of halogens is 3. The number of para-hydroxylation sites is 2. The standard InChI is InChI=1S/C21H23F3N4O4S/c1-3-28-18-7-5-4-6-17(18)27-20(28)14(2)26-19(29)12-13-25-33(30,31)16-10-8-15(9-11-16)32-21(22,23)24/h4-11,14,25H,3,12-13H2,1-2H3,(H,26,29). The second-order valence-electron chi connectivity index (χ2n) is 7.16. The number of aromatic nitrogens is 2. The van der Waals surface area contributed by atoms with Crippen molar-refractivity contribution in [1.29, 1.82) is 0 Å². The molecule has 0 bridgehead atoms. The second kappa shape index (κ2) is 9.79. The molecule has 0 fully saturated rings. The van der Waals surface area contributed by atoms with Gasteiger partial charge in [0.2, 0.25) is 15.9 Å². The zero-order chi connectivity index (χ0) is 24.2. The van der Waals surface area contributed by atoms with E-state index in [1.807, 2.05) is 35.8 Å². The van der Waals surface area contributed by atoms with Gasteiger partial charge in [0, 0.05) is 19.5 Å². The second-order valence-corrected chi connectivity index (χ2v) is 8.93. The topological polar surface area (TPSA) is 102 Å². The van der Waals surface area contributed by atoms with E-state index >= 15 is 0 Å². The van der Waals surface area contributed by atoms with E-state index in [0.29, 0.717) is 12.4 Å². The Bertz CT molecular complexity index is 1220. The van der Waals surface area contributed by atoms with Crippen molar-refractivity contribution in [3.05, 3.63) is 54.4 Å². The normalized spacial score (nSPS) is 13.1. The van der Waals surface area contributed by atoms with Crippen LogP contribution in [0, 0.1) is 0 Å². The van der Waals surface area contributed by atoms with Gasteiger partial charge in [-0.3, -0.25) is 4.79 Å². The summed E-state index contributed by atoms with van der Waals surface area (Å²) in [5.41, 5.74) is 1.77. The zero-order valence-corrected chi connectivity index (χ0v) is 18.7. The summed E-state index contributed by atoms with van der Waals surface area (Å²) >= 11 is 0. The van der Waals surface area contributed by atoms with Crippen LogP contribution in [0.25, 0.3) is 11.0 Å². The summed E-state index contributed by atoms with van der Waals surface area (Å²) in [5.74, 6) is -0.226. The van der Waals surface area contributed by atoms with Gasteiger partial charge in [0.25, 0.3) is 0 Å². The molecule has 1 atom stereocenters. The predicted octanol–water partition coefficient (Wildman–Crippen LogP) is 3.50. The molecule has 8 nitrogen and oxygen atoms in total. The lowest BCUT2D eigenvalue weighted by Gasteiger charge is -2.15. The van der Waals surface area contributed by atoms with Crippen molar-refractivity contribution in [1.82, 2.24) is 19.6 Å². The maximum atomic E-state index is 12.3. The molecular formula is C21H23F3N4O4S. The van der Waals surface area contributed by atoms with Crippen LogP contribution in [0.5, 0.6) is 5.75 Å². The number of sulfonamides is 1. The molecule has 33 heavy (non-hydrogen) atoms. The van der Waals surface area contributed by atoms with Gasteiger partial charge in [-0.1, -0.05) is 12.1 Å². The number of imidazole rings is 1. The molecule has 1 amide bonds. The van der Waals surface area contributed by atoms with Gasteiger partial charge in [0.05, 0.1) is 22.0 Å². The van der Waals surface area contributed by atoms with Gasteiger partial charge in [-0.15, -0.1) is 13.2 Å². The Hall–Kier alpha value is -3.12. The van der Waals surface area contributed by atoms with Crippen molar-refractivity contribution in [2.45, 2.75) is 44.1 Å². The molecule has 0 saturated carbocycles. The Labute approximate surface area is 188 Å². The van der Waals surface area contributed by atoms with Crippen molar-refractivity contribution in [3.8, 4) is 5.75 Å². The van der Waals surface area contributed by atoms with E-state index in [1.165, 1.54) is 0 Å². The van der Waals surface area contributed by atoms with E-state index < -0.39 is 28.2 Å². The number of fused-ring (bicyclic) bond motifs is 1. The number of carbonyl (C=O) groups excluding carboxylic acids is 1. The van der Waals surface area contributed by atoms with Crippen LogP contribution in [-0.4, -0.2) is 36.8 Å². The molecule has 1 aromatic heterocycles. The molecule has 3 aromatic rings. The van der Waals surface area contributed by atoms with Crippen LogP contribution in [-0.2, 0) is 21.4 Å². The molecule has 0 saturated heterocycles. The molecule has 0 spiro atoms. The maximum Gasteiger partial charge on any atom is 0.573 e. The SMILES string of the molecule is CCn1c(C(C)NC(=O)CCNS(=O)(=O)c2ccc(OC(F)(F)F)cc2)nc2ccccc21. The maximum absolute atomic E-state index is 12.3. The highest BCUT2D eigenvalue weighted by atomic mass is 32.2. The number of hydrogen-bond donors (Lipinski definition) is 2. The number of nitrogens with one attached hydrogen (secondary N) is 2. The summed E-state index contributed by atoms with van der Waals surface area (Å²) < 4.78 is 69.3. The Morgan fingerprint density at radius 2 is 1.82 bits per heavy atom. The van der Waals surface area contributed by atoms with Gasteiger partial charge in [-0.05, 0) is 50.2 Å². The fourth-order valence-corrected chi connectivity index (χ4v) is 4.37. The zero-order valence-electron chi connectivity index (χ0n) is 17.9. The summed E-state index contributed by atoms with van der Waals surface area (Å²) in [6.45, 7) is 4.25. The number of alkyl halides is 3. The Kier molecular flexibility index (Phi) is 7.28. The van der Waals surface area contributed by atoms with Gasteiger partial charge in [-0.2, -0.15) is 0 Å². The number of carbonyl (C=O) groups is 1. The monoisotopic (exact) mass is 484 g/mol. The van der Waals surface area contributed by atoms with Crippen molar-refractivity contribution >= 4 is 27.0 Å². The van der Waals surface area contributed by atoms with Gasteiger partial charge < -0.3 is 14.6 Å². The number of aryl methyl sites for hydroxylation is 1. The minimum atomic E-state index is -4.87. The first kappa shape index (κ1) is 24.5. The quantitative estimate of drug-likeness (QED) is 0.484. The smallest absolute Gasteiger partial charge is 0.406 e. The number of ether oxygens (including phenoxy) is 1. The number of hydrogen-bond acceptors (Lipinski definition) is 5. The van der Waals surface area contributed by atoms with E-state index in [1.54, 1.807) is 6.92 Å². The Morgan fingerprint density at radius 3 is 2.45 bits per heavy atom. The van der Waals surface area contributed by atoms with E-state index in [0.717, 1.165) is 35.3 Å². The lowest BCUT2D eigenvalue weighted by atomic mass is 10.3. The summed E-state index contributed by atoms with van der Waals surface area (Å²) in [4.78, 5) is 16.7. The molecule has 12 heteroatoms. The average Bonchev–Trinajstić information content (AvgIpc) is 3.11. The summed E-state index contributed by atoms with van der Waals surface area (Å²) in [6.07, 6.45) is -5.00. The molecule has 2 aromatic carbocycles. The minimum Gasteiger partial charge on any atom is -0.406 e. The molecule has 3 rings (SSSR count). The van der Waals surface area contributed by atoms with Crippen molar-refractivity contribution in [2.75, 3.05) is 6.54 Å². The third kappa shape index (κ3) is 6.23. The fourth-order valence-electron chi connectivity index (χ4n) is 3.34. The van der Waals surface area contributed by atoms with Crippen molar-refractivity contribution in [3.63, 3.8) is 0 Å². The minimum absolute atomic E-state index is 0.134. The molecule has 0 radical (unpaired) electrons. The van der Waals surface area contributed by atoms with Crippen LogP contribution in [0.1, 0.15) is 32.1 Å². The average molecular weight is 485 g/mol. The molecule has 1 unspecified atom stereocenters. The van der Waals surface area contributed by atoms with E-state index in [9.17, 15) is 26.4 Å². The lowest BCUT2D eigenvalue weighted by Crippen LogP contribution is -2.33. The largest absolute Gasteiger partial charge is 0.573 e. The Morgan fingerprint density at radius 1 is 1.15 bits per heavy atom. The summed E-state index contributed by atoms with van der Waals surface area (Å²) in [5, 5.41) is 2.81. The van der Waals surface area contributed by atoms with Crippen molar-refractivity contribution < 1.29 is 31.1 Å². The van der Waals surface area contributed by atoms with Crippen LogP contribution in [0.2, 0.25) is 0 Å². The number of benzene rings is 2. The highest BCUT2D eigenvalue weighted by molar-refractivity contribution is 7.89. The van der Waals surface area contributed by atoms with E-state index in [4.69, 9.17) is 0 Å². The van der Waals surface area contributed by atoms with Gasteiger partial charge >= 0.3 is 6.36 Å². The molecule has 178 valence electrons. The molecule has 2 N–H and O–H groups in total. The first-order valence-electron chi connectivity index (χ1n) is 10.1. The summed E-state index contributed by atoms with van der Waals surface area (Å²) in [6, 6.07) is 11.0. The van der Waals surface area contributed by atoms with Crippen LogP contribution in [0.3, 0.4) is 0 Å². The molecular weight excluding hydrogens is 461 g/mol. The third-order valence-electron chi connectivity index (χ3n) is 4.78. The van der Waals surface area contributed by atoms with Crippen LogP contribution >= 0.6 is 0 Å². The van der Waals surface area contributed by atoms with Gasteiger partial charge in [0.1, 0.15) is 11.6 Å². The number of rotatable bonds is 9. The van der Waals surface area contributed by atoms with E-state index in [-0.39, 0.29) is 23.8 Å². The first-order chi connectivity index (χ1) is 15.5. The number of nitrogens with zero attached hydrogens (tertiary/aromatic N) is 2. The highest BCUT2D eigenvalue weighted by Gasteiger charge is 2.31. The van der Waals surface area contributed by atoms with Crippen LogP contribution in [0.4, 0.5) is 13.2 Å². The molecule has 0 aliphatic heterocycles.